The van der Waals surface area contributed by atoms with Crippen LogP contribution in [0.25, 0.3) is 0 Å². The van der Waals surface area contributed by atoms with Gasteiger partial charge in [0.15, 0.2) is 0 Å². The molecule has 1 aromatic heterocycles. The third-order valence-corrected chi connectivity index (χ3v) is 3.34. The van der Waals surface area contributed by atoms with Gasteiger partial charge < -0.3 is 15.8 Å². The first-order valence-electron chi connectivity index (χ1n) is 6.46. The van der Waals surface area contributed by atoms with Crippen LogP contribution < -0.4 is 11.1 Å². The molecule has 0 unspecified atom stereocenters. The van der Waals surface area contributed by atoms with Crippen LogP contribution in [0.15, 0.2) is 6.07 Å². The largest absolute Gasteiger partial charge is 0.462 e. The first kappa shape index (κ1) is 15.9. The molecule has 19 heavy (non-hydrogen) atoms. The second kappa shape index (κ2) is 7.45. The van der Waals surface area contributed by atoms with Crippen molar-refractivity contribution in [1.82, 2.24) is 9.69 Å². The third-order valence-electron chi connectivity index (χ3n) is 2.71. The predicted octanol–water partition coefficient (Wildman–Crippen LogP) is 2.15. The van der Waals surface area contributed by atoms with Crippen LogP contribution in [0.4, 0.5) is 5.00 Å². The van der Waals surface area contributed by atoms with Gasteiger partial charge in [0.1, 0.15) is 10.6 Å². The lowest BCUT2D eigenvalue weighted by Crippen LogP contribution is -2.26. The van der Waals surface area contributed by atoms with Gasteiger partial charge in [-0.25, -0.2) is 0 Å². The van der Waals surface area contributed by atoms with Crippen LogP contribution in [0.2, 0.25) is 0 Å². The Morgan fingerprint density at radius 3 is 2.47 bits per heavy atom. The molecule has 0 radical (unpaired) electrons. The molecular weight excluding hydrogens is 262 g/mol. The number of aromatic nitrogens is 1. The van der Waals surface area contributed by atoms with Crippen LogP contribution in [-0.4, -0.2) is 29.5 Å². The van der Waals surface area contributed by atoms with Gasteiger partial charge in [-0.1, -0.05) is 0 Å². The molecule has 0 saturated carbocycles. The summed E-state index contributed by atoms with van der Waals surface area (Å²) in [6.45, 7) is 8.15. The van der Waals surface area contributed by atoms with Crippen molar-refractivity contribution >= 4 is 23.0 Å². The summed E-state index contributed by atoms with van der Waals surface area (Å²) >= 11 is 1.41. The van der Waals surface area contributed by atoms with Gasteiger partial charge in [0.25, 0.3) is 6.47 Å². The predicted molar refractivity (Wildman–Crippen MR) is 78.3 cm³/mol. The van der Waals surface area contributed by atoms with Crippen molar-refractivity contribution in [1.29, 1.82) is 0 Å². The molecule has 1 aromatic rings. The fourth-order valence-corrected chi connectivity index (χ4v) is 2.34. The lowest BCUT2D eigenvalue weighted by molar-refractivity contribution is -0.138. The number of nitrogens with two attached hydrogens (primary N) is 1. The molecule has 0 bridgehead atoms. The molecule has 1 aliphatic rings. The molecule has 6 heteroatoms. The van der Waals surface area contributed by atoms with Crippen LogP contribution in [0.1, 0.15) is 45.2 Å². The molecule has 0 aromatic carbocycles. The summed E-state index contributed by atoms with van der Waals surface area (Å²) in [7, 11) is 0. The van der Waals surface area contributed by atoms with E-state index in [4.69, 9.17) is 5.73 Å². The Hall–Kier alpha value is -1.14. The number of rotatable bonds is 2. The van der Waals surface area contributed by atoms with Crippen LogP contribution in [0.5, 0.6) is 0 Å². The molecule has 108 valence electrons. The second-order valence-corrected chi connectivity index (χ2v) is 6.34. The van der Waals surface area contributed by atoms with Gasteiger partial charge >= 0.3 is 0 Å². The van der Waals surface area contributed by atoms with Gasteiger partial charge in [-0.3, -0.25) is 4.79 Å². The summed E-state index contributed by atoms with van der Waals surface area (Å²) in [5.41, 5.74) is 6.50. The lowest BCUT2D eigenvalue weighted by atomic mass is 9.95. The molecule has 0 amide bonds. The van der Waals surface area contributed by atoms with Crippen molar-refractivity contribution in [2.45, 2.75) is 45.1 Å². The summed E-state index contributed by atoms with van der Waals surface area (Å²) in [5, 5.41) is 4.17. The van der Waals surface area contributed by atoms with E-state index in [1.807, 2.05) is 26.8 Å². The molecule has 0 atom stereocenters. The second-order valence-electron chi connectivity index (χ2n) is 5.50. The van der Waals surface area contributed by atoms with Gasteiger partial charge in [-0.2, -0.15) is 4.37 Å². The number of ether oxygens (including phenoxy) is 1. The molecule has 5 nitrogen and oxygen atoms in total. The van der Waals surface area contributed by atoms with Gasteiger partial charge in [-0.15, -0.1) is 0 Å². The molecule has 0 spiro atoms. The van der Waals surface area contributed by atoms with E-state index in [1.165, 1.54) is 30.1 Å². The van der Waals surface area contributed by atoms with E-state index in [1.54, 1.807) is 0 Å². The molecule has 2 heterocycles. The van der Waals surface area contributed by atoms with Crippen molar-refractivity contribution in [2.75, 3.05) is 18.8 Å². The molecule has 1 saturated heterocycles. The molecule has 2 rings (SSSR count). The van der Waals surface area contributed by atoms with E-state index < -0.39 is 0 Å². The first-order chi connectivity index (χ1) is 8.92. The van der Waals surface area contributed by atoms with Crippen molar-refractivity contribution in [3.05, 3.63) is 11.8 Å². The van der Waals surface area contributed by atoms with E-state index in [0.29, 0.717) is 12.4 Å². The highest BCUT2D eigenvalue weighted by atomic mass is 32.1. The van der Waals surface area contributed by atoms with E-state index in [0.717, 1.165) is 18.1 Å². The van der Waals surface area contributed by atoms with E-state index in [2.05, 4.69) is 14.4 Å². The molecule has 1 fully saturated rings. The van der Waals surface area contributed by atoms with Crippen molar-refractivity contribution in [3.8, 4) is 0 Å². The smallest absolute Gasteiger partial charge is 0.293 e. The van der Waals surface area contributed by atoms with Gasteiger partial charge in [-0.05, 0) is 64.3 Å². The highest BCUT2D eigenvalue weighted by Crippen LogP contribution is 2.26. The Labute approximate surface area is 118 Å². The average Bonchev–Trinajstić information content (AvgIpc) is 2.76. The normalized spacial score (nSPS) is 16.4. The number of hydrogen-bond acceptors (Lipinski definition) is 6. The fraction of sp³-hybridized carbons (Fsp3) is 0.692. The van der Waals surface area contributed by atoms with Crippen LogP contribution in [-0.2, 0) is 9.53 Å². The summed E-state index contributed by atoms with van der Waals surface area (Å²) < 4.78 is 8.88. The maximum Gasteiger partial charge on any atom is 0.293 e. The Balaban J connectivity index is 0.000000224. The quantitative estimate of drug-likeness (QED) is 0.814. The van der Waals surface area contributed by atoms with Gasteiger partial charge in [0.05, 0.1) is 5.69 Å². The third kappa shape index (κ3) is 6.54. The van der Waals surface area contributed by atoms with Crippen LogP contribution >= 0.6 is 11.5 Å². The maximum atomic E-state index is 9.60. The zero-order valence-corrected chi connectivity index (χ0v) is 12.6. The summed E-state index contributed by atoms with van der Waals surface area (Å²) in [5.74, 6) is 0.639. The Morgan fingerprint density at radius 2 is 2.11 bits per heavy atom. The van der Waals surface area contributed by atoms with Gasteiger partial charge in [0.2, 0.25) is 0 Å². The number of carbonyl (C=O) groups excluding carboxylic acids is 1. The fourth-order valence-electron chi connectivity index (χ4n) is 1.76. The monoisotopic (exact) mass is 285 g/mol. The topological polar surface area (TPSA) is 77.2 Å². The number of nitrogen functional groups attached to an aromatic ring is 1. The molecule has 0 aliphatic carbocycles. The SMILES string of the molecule is CC(C)(C)OC=O.Nc1cc(C2CCNCC2)ns1. The zero-order chi connectivity index (χ0) is 14.3. The lowest BCUT2D eigenvalue weighted by Gasteiger charge is -2.20. The number of nitrogens with zero attached hydrogens (tertiary/aromatic N) is 1. The van der Waals surface area contributed by atoms with E-state index in [9.17, 15) is 4.79 Å². The van der Waals surface area contributed by atoms with Crippen LogP contribution in [0.3, 0.4) is 0 Å². The first-order valence-corrected chi connectivity index (χ1v) is 7.24. The summed E-state index contributed by atoms with van der Waals surface area (Å²) in [6, 6.07) is 2.01. The number of nitrogens with one attached hydrogen (secondary N) is 1. The average molecular weight is 285 g/mol. The van der Waals surface area contributed by atoms with Crippen molar-refractivity contribution in [2.24, 2.45) is 0 Å². The Morgan fingerprint density at radius 1 is 1.47 bits per heavy atom. The molecule has 3 N–H and O–H groups in total. The number of carbonyl (C=O) groups is 1. The number of anilines is 1. The number of hydrogen-bond donors (Lipinski definition) is 2. The molecular formula is C13H23N3O2S. The minimum atomic E-state index is -0.318. The van der Waals surface area contributed by atoms with Gasteiger partial charge in [0, 0.05) is 5.92 Å². The minimum Gasteiger partial charge on any atom is -0.462 e. The Kier molecular flexibility index (Phi) is 6.24. The van der Waals surface area contributed by atoms with E-state index >= 15 is 0 Å². The zero-order valence-electron chi connectivity index (χ0n) is 11.8. The van der Waals surface area contributed by atoms with Crippen molar-refractivity contribution < 1.29 is 9.53 Å². The molecule has 1 aliphatic heterocycles. The maximum absolute atomic E-state index is 9.60. The highest BCUT2D eigenvalue weighted by molar-refractivity contribution is 7.10. The van der Waals surface area contributed by atoms with Crippen LogP contribution in [0, 0.1) is 0 Å². The summed E-state index contributed by atoms with van der Waals surface area (Å²) in [4.78, 5) is 9.60. The summed E-state index contributed by atoms with van der Waals surface area (Å²) in [6.07, 6.45) is 2.40. The minimum absolute atomic E-state index is 0.318. The number of piperidine rings is 1. The standard InChI is InChI=1S/C8H13N3S.C5H10O2/c9-8-5-7(11-12-8)6-1-3-10-4-2-6;1-5(2,3)7-4-6/h5-6,10H,1-4,9H2;4H,1-3H3. The highest BCUT2D eigenvalue weighted by Gasteiger charge is 2.17. The Bertz CT molecular complexity index is 381. The van der Waals surface area contributed by atoms with Crippen molar-refractivity contribution in [3.63, 3.8) is 0 Å². The van der Waals surface area contributed by atoms with E-state index in [-0.39, 0.29) is 5.60 Å².